The molecule has 0 aromatic carbocycles. The van der Waals surface area contributed by atoms with Crippen LogP contribution in [0.4, 0.5) is 18.9 Å². The van der Waals surface area contributed by atoms with E-state index in [1.54, 1.807) is 0 Å². The van der Waals surface area contributed by atoms with Gasteiger partial charge >= 0.3 is 0 Å². The Morgan fingerprint density at radius 2 is 2.13 bits per heavy atom. The van der Waals surface area contributed by atoms with E-state index < -0.39 is 24.7 Å². The van der Waals surface area contributed by atoms with Gasteiger partial charge in [-0.15, -0.1) is 0 Å². The molecular weight excluding hydrogens is 213 g/mol. The Balaban J connectivity index is 2.87. The van der Waals surface area contributed by atoms with E-state index >= 15 is 0 Å². The van der Waals surface area contributed by atoms with Crippen molar-refractivity contribution in [3.05, 3.63) is 11.9 Å². The predicted molar refractivity (Wildman–Crippen MR) is 46.7 cm³/mol. The number of aromatic nitrogens is 1. The zero-order valence-electron chi connectivity index (χ0n) is 7.84. The van der Waals surface area contributed by atoms with Crippen molar-refractivity contribution in [2.75, 3.05) is 19.5 Å². The van der Waals surface area contributed by atoms with Crippen LogP contribution in [-0.2, 0) is 0 Å². The van der Waals surface area contributed by atoms with E-state index in [0.29, 0.717) is 0 Å². The molecule has 0 unspecified atom stereocenters. The summed E-state index contributed by atoms with van der Waals surface area (Å²) in [5.41, 5.74) is 5.30. The zero-order valence-corrected chi connectivity index (χ0v) is 7.84. The molecule has 2 N–H and O–H groups in total. The second-order valence-corrected chi connectivity index (χ2v) is 2.58. The number of rotatable bonds is 4. The Morgan fingerprint density at radius 1 is 1.47 bits per heavy atom. The maximum Gasteiger partial charge on any atom is 0.272 e. The number of nitrogens with two attached hydrogens (primary N) is 1. The van der Waals surface area contributed by atoms with Gasteiger partial charge in [0.25, 0.3) is 12.3 Å². The summed E-state index contributed by atoms with van der Waals surface area (Å²) in [5, 5.41) is 0. The molecule has 0 fully saturated rings. The van der Waals surface area contributed by atoms with Crippen molar-refractivity contribution in [3.63, 3.8) is 0 Å². The standard InChI is InChI=1S/C8H9F3N2O2/c1-14-8-5(12)2-4(9)7(13-8)15-3-6(10)11/h2,6H,3,12H2,1H3. The second kappa shape index (κ2) is 4.72. The SMILES string of the molecule is COc1nc(OCC(F)F)c(F)cc1N. The van der Waals surface area contributed by atoms with Gasteiger partial charge in [0.2, 0.25) is 5.88 Å². The van der Waals surface area contributed by atoms with Gasteiger partial charge in [0.05, 0.1) is 12.8 Å². The van der Waals surface area contributed by atoms with E-state index in [4.69, 9.17) is 5.73 Å². The number of ether oxygens (including phenoxy) is 2. The number of hydrogen-bond donors (Lipinski definition) is 1. The van der Waals surface area contributed by atoms with Gasteiger partial charge in [-0.25, -0.2) is 13.2 Å². The predicted octanol–water partition coefficient (Wildman–Crippen LogP) is 1.46. The van der Waals surface area contributed by atoms with Crippen LogP contribution >= 0.6 is 0 Å². The lowest BCUT2D eigenvalue weighted by atomic mass is 10.4. The van der Waals surface area contributed by atoms with Crippen molar-refractivity contribution in [1.29, 1.82) is 0 Å². The average Bonchev–Trinajstić information content (AvgIpc) is 2.16. The Bertz CT molecular complexity index is 347. The molecule has 1 heterocycles. The topological polar surface area (TPSA) is 57.4 Å². The van der Waals surface area contributed by atoms with E-state index in [1.165, 1.54) is 7.11 Å². The summed E-state index contributed by atoms with van der Waals surface area (Å²) in [6, 6.07) is 0.895. The first-order valence-electron chi connectivity index (χ1n) is 3.95. The fourth-order valence-corrected chi connectivity index (χ4v) is 0.877. The highest BCUT2D eigenvalue weighted by molar-refractivity contribution is 5.49. The van der Waals surface area contributed by atoms with E-state index in [1.807, 2.05) is 0 Å². The third-order valence-corrected chi connectivity index (χ3v) is 1.48. The molecule has 0 bridgehead atoms. The number of hydrogen-bond acceptors (Lipinski definition) is 4. The molecular formula is C8H9F3N2O2. The fraction of sp³-hybridized carbons (Fsp3) is 0.375. The number of nitrogens with zero attached hydrogens (tertiary/aromatic N) is 1. The highest BCUT2D eigenvalue weighted by Gasteiger charge is 2.13. The van der Waals surface area contributed by atoms with Gasteiger partial charge in [0, 0.05) is 6.07 Å². The summed E-state index contributed by atoms with van der Waals surface area (Å²) in [7, 11) is 1.27. The van der Waals surface area contributed by atoms with Crippen LogP contribution < -0.4 is 15.2 Å². The summed E-state index contributed by atoms with van der Waals surface area (Å²) in [6.45, 7) is -0.934. The minimum absolute atomic E-state index is 0.0283. The van der Waals surface area contributed by atoms with Gasteiger partial charge in [-0.1, -0.05) is 0 Å². The summed E-state index contributed by atoms with van der Waals surface area (Å²) < 4.78 is 45.7. The van der Waals surface area contributed by atoms with Crippen LogP contribution in [-0.4, -0.2) is 25.1 Å². The molecule has 0 aliphatic carbocycles. The van der Waals surface area contributed by atoms with Crippen LogP contribution in [0, 0.1) is 5.82 Å². The normalized spacial score (nSPS) is 10.5. The van der Waals surface area contributed by atoms with Gasteiger partial charge < -0.3 is 15.2 Å². The molecule has 4 nitrogen and oxygen atoms in total. The van der Waals surface area contributed by atoms with Crippen LogP contribution in [0.3, 0.4) is 0 Å². The second-order valence-electron chi connectivity index (χ2n) is 2.58. The van der Waals surface area contributed by atoms with Crippen molar-refractivity contribution in [3.8, 4) is 11.8 Å². The van der Waals surface area contributed by atoms with Crippen LogP contribution in [0.15, 0.2) is 6.07 Å². The maximum absolute atomic E-state index is 13.0. The van der Waals surface area contributed by atoms with Crippen molar-refractivity contribution in [2.24, 2.45) is 0 Å². The lowest BCUT2D eigenvalue weighted by molar-refractivity contribution is 0.0770. The maximum atomic E-state index is 13.0. The lowest BCUT2D eigenvalue weighted by Crippen LogP contribution is -2.10. The lowest BCUT2D eigenvalue weighted by Gasteiger charge is -2.08. The van der Waals surface area contributed by atoms with Crippen molar-refractivity contribution in [1.82, 2.24) is 4.98 Å². The molecule has 1 aromatic rings. The summed E-state index contributed by atoms with van der Waals surface area (Å²) in [4.78, 5) is 3.48. The van der Waals surface area contributed by atoms with Gasteiger partial charge in [0.1, 0.15) is 0 Å². The first-order valence-corrected chi connectivity index (χ1v) is 3.95. The molecule has 0 radical (unpaired) electrons. The number of alkyl halides is 2. The fourth-order valence-electron chi connectivity index (χ4n) is 0.877. The molecule has 84 valence electrons. The Morgan fingerprint density at radius 3 is 2.67 bits per heavy atom. The first kappa shape index (κ1) is 11.4. The van der Waals surface area contributed by atoms with E-state index in [9.17, 15) is 13.2 Å². The van der Waals surface area contributed by atoms with Crippen LogP contribution in [0.2, 0.25) is 0 Å². The molecule has 0 spiro atoms. The van der Waals surface area contributed by atoms with Crippen LogP contribution in [0.1, 0.15) is 0 Å². The van der Waals surface area contributed by atoms with Crippen LogP contribution in [0.5, 0.6) is 11.8 Å². The average molecular weight is 222 g/mol. The third-order valence-electron chi connectivity index (χ3n) is 1.48. The summed E-state index contributed by atoms with van der Waals surface area (Å²) >= 11 is 0. The molecule has 0 aliphatic rings. The van der Waals surface area contributed by atoms with E-state index in [2.05, 4.69) is 14.5 Å². The number of nitrogen functional groups attached to an aromatic ring is 1. The number of pyridine rings is 1. The molecule has 0 atom stereocenters. The quantitative estimate of drug-likeness (QED) is 0.837. The number of anilines is 1. The van der Waals surface area contributed by atoms with Gasteiger partial charge in [-0.3, -0.25) is 0 Å². The Hall–Kier alpha value is -1.66. The Labute approximate surface area is 83.8 Å². The largest absolute Gasteiger partial charge is 0.479 e. The first-order chi connectivity index (χ1) is 7.04. The van der Waals surface area contributed by atoms with E-state index in [0.717, 1.165) is 6.07 Å². The highest BCUT2D eigenvalue weighted by Crippen LogP contribution is 2.25. The van der Waals surface area contributed by atoms with Gasteiger partial charge in [0.15, 0.2) is 12.4 Å². The highest BCUT2D eigenvalue weighted by atomic mass is 19.3. The molecule has 7 heteroatoms. The minimum Gasteiger partial charge on any atom is -0.479 e. The molecule has 1 rings (SSSR count). The smallest absolute Gasteiger partial charge is 0.272 e. The van der Waals surface area contributed by atoms with Crippen molar-refractivity contribution < 1.29 is 22.6 Å². The molecule has 15 heavy (non-hydrogen) atoms. The van der Waals surface area contributed by atoms with Gasteiger partial charge in [-0.05, 0) is 0 Å². The Kier molecular flexibility index (Phi) is 3.59. The number of halogens is 3. The molecule has 0 saturated heterocycles. The summed E-state index contributed by atoms with van der Waals surface area (Å²) in [5.74, 6) is -1.53. The van der Waals surface area contributed by atoms with Crippen molar-refractivity contribution in [2.45, 2.75) is 6.43 Å². The van der Waals surface area contributed by atoms with E-state index in [-0.39, 0.29) is 11.6 Å². The molecule has 0 aliphatic heterocycles. The third kappa shape index (κ3) is 2.90. The molecule has 0 saturated carbocycles. The molecule has 0 amide bonds. The van der Waals surface area contributed by atoms with Crippen molar-refractivity contribution >= 4 is 5.69 Å². The molecule has 1 aromatic heterocycles. The summed E-state index contributed by atoms with van der Waals surface area (Å²) in [6.07, 6.45) is -2.70. The van der Waals surface area contributed by atoms with Gasteiger partial charge in [-0.2, -0.15) is 4.98 Å². The minimum atomic E-state index is -2.70. The number of methoxy groups -OCH3 is 1. The monoisotopic (exact) mass is 222 g/mol. The zero-order chi connectivity index (χ0) is 11.4. The van der Waals surface area contributed by atoms with Crippen LogP contribution in [0.25, 0.3) is 0 Å².